The molecule has 0 radical (unpaired) electrons. The highest BCUT2D eigenvalue weighted by atomic mass is 16.5. The molecule has 0 atom stereocenters. The van der Waals surface area contributed by atoms with Gasteiger partial charge in [-0.2, -0.15) is 10.2 Å². The molecule has 1 aromatic carbocycles. The predicted octanol–water partition coefficient (Wildman–Crippen LogP) is 2.14. The van der Waals surface area contributed by atoms with E-state index in [1.165, 1.54) is 0 Å². The number of aromatic nitrogens is 2. The van der Waals surface area contributed by atoms with Crippen LogP contribution in [-0.4, -0.2) is 10.1 Å². The second-order valence-corrected chi connectivity index (χ2v) is 4.87. The number of hydrogen-bond donors (Lipinski definition) is 1. The zero-order valence-corrected chi connectivity index (χ0v) is 10.5. The van der Waals surface area contributed by atoms with Crippen molar-refractivity contribution in [2.45, 2.75) is 31.2 Å². The Balaban J connectivity index is 1.90. The first-order valence-corrected chi connectivity index (χ1v) is 6.32. The lowest BCUT2D eigenvalue weighted by Crippen LogP contribution is -2.32. The zero-order chi connectivity index (χ0) is 13.3. The van der Waals surface area contributed by atoms with E-state index in [2.05, 4.69) is 16.2 Å². The summed E-state index contributed by atoms with van der Waals surface area (Å²) in [7, 11) is 0. The minimum absolute atomic E-state index is 0.444. The van der Waals surface area contributed by atoms with Crippen molar-refractivity contribution in [3.05, 3.63) is 35.7 Å². The number of nitrogens with zero attached hydrogens (tertiary/aromatic N) is 3. The average Bonchev–Trinajstić information content (AvgIpc) is 2.88. The monoisotopic (exact) mass is 254 g/mol. The lowest BCUT2D eigenvalue weighted by molar-refractivity contribution is 0.232. The number of hydrogen-bond acceptors (Lipinski definition) is 5. The molecule has 1 heterocycles. The van der Waals surface area contributed by atoms with Crippen molar-refractivity contribution in [3.8, 4) is 17.5 Å². The molecule has 96 valence electrons. The van der Waals surface area contributed by atoms with E-state index in [1.54, 1.807) is 0 Å². The molecule has 0 unspecified atom stereocenters. The van der Waals surface area contributed by atoms with Crippen molar-refractivity contribution >= 4 is 0 Å². The Bertz CT molecular complexity index is 620. The van der Waals surface area contributed by atoms with E-state index < -0.39 is 5.41 Å². The van der Waals surface area contributed by atoms with E-state index >= 15 is 0 Å². The molecule has 5 nitrogen and oxygen atoms in total. The number of nitrogens with two attached hydrogens (primary N) is 1. The lowest BCUT2D eigenvalue weighted by atomic mass is 9.70. The number of rotatable bonds is 3. The van der Waals surface area contributed by atoms with Gasteiger partial charge in [-0.05, 0) is 24.8 Å². The molecule has 5 heteroatoms. The van der Waals surface area contributed by atoms with Gasteiger partial charge in [0.1, 0.15) is 5.41 Å². The quantitative estimate of drug-likeness (QED) is 0.906. The van der Waals surface area contributed by atoms with Gasteiger partial charge in [0.2, 0.25) is 11.7 Å². The second kappa shape index (κ2) is 4.48. The molecule has 1 aliphatic rings. The Morgan fingerprint density at radius 2 is 2.05 bits per heavy atom. The summed E-state index contributed by atoms with van der Waals surface area (Å²) >= 11 is 0. The fraction of sp³-hybridized carbons (Fsp3) is 0.357. The van der Waals surface area contributed by atoms with Crippen LogP contribution in [0.2, 0.25) is 0 Å². The Morgan fingerprint density at radius 1 is 1.32 bits per heavy atom. The van der Waals surface area contributed by atoms with Gasteiger partial charge in [-0.3, -0.25) is 0 Å². The summed E-state index contributed by atoms with van der Waals surface area (Å²) in [6.45, 7) is 0.509. The van der Waals surface area contributed by atoms with Crippen molar-refractivity contribution in [3.63, 3.8) is 0 Å². The Labute approximate surface area is 111 Å². The van der Waals surface area contributed by atoms with Gasteiger partial charge in [-0.1, -0.05) is 29.4 Å². The molecule has 1 aliphatic carbocycles. The maximum absolute atomic E-state index is 9.25. The highest BCUT2D eigenvalue weighted by Gasteiger charge is 2.44. The van der Waals surface area contributed by atoms with E-state index in [4.69, 9.17) is 10.3 Å². The van der Waals surface area contributed by atoms with Gasteiger partial charge in [0.05, 0.1) is 6.07 Å². The molecule has 1 saturated carbocycles. The Kier molecular flexibility index (Phi) is 2.80. The topological polar surface area (TPSA) is 88.7 Å². The van der Waals surface area contributed by atoms with E-state index in [0.29, 0.717) is 18.3 Å². The summed E-state index contributed by atoms with van der Waals surface area (Å²) < 4.78 is 5.27. The lowest BCUT2D eigenvalue weighted by Gasteiger charge is -2.30. The Morgan fingerprint density at radius 3 is 2.58 bits per heavy atom. The summed E-state index contributed by atoms with van der Waals surface area (Å²) in [6.07, 6.45) is 2.64. The molecule has 2 aromatic rings. The van der Waals surface area contributed by atoms with Crippen molar-refractivity contribution in [1.82, 2.24) is 10.1 Å². The van der Waals surface area contributed by atoms with Crippen LogP contribution in [-0.2, 0) is 12.0 Å². The molecule has 0 saturated heterocycles. The summed E-state index contributed by atoms with van der Waals surface area (Å²) in [5.74, 6) is 0.972. The van der Waals surface area contributed by atoms with Crippen molar-refractivity contribution in [1.29, 1.82) is 5.26 Å². The van der Waals surface area contributed by atoms with Crippen LogP contribution in [0.25, 0.3) is 11.4 Å². The summed E-state index contributed by atoms with van der Waals surface area (Å²) in [6, 6.07) is 10.0. The largest absolute Gasteiger partial charge is 0.337 e. The SMILES string of the molecule is N#CC1(c2nc(-c3ccc(CN)cc3)no2)CCC1. The Hall–Kier alpha value is -2.19. The smallest absolute Gasteiger partial charge is 0.247 e. The standard InChI is InChI=1S/C14H14N4O/c15-8-10-2-4-11(5-3-10)12-17-13(19-18-12)14(9-16)6-1-7-14/h2-5H,1,6-8,15H2. The van der Waals surface area contributed by atoms with Crippen LogP contribution < -0.4 is 5.73 Å². The first kappa shape index (κ1) is 11.9. The maximum atomic E-state index is 9.25. The zero-order valence-electron chi connectivity index (χ0n) is 10.5. The minimum atomic E-state index is -0.553. The van der Waals surface area contributed by atoms with Gasteiger partial charge in [0.25, 0.3) is 0 Å². The second-order valence-electron chi connectivity index (χ2n) is 4.87. The molecule has 0 spiro atoms. The summed E-state index contributed by atoms with van der Waals surface area (Å²) in [5.41, 5.74) is 6.93. The van der Waals surface area contributed by atoms with Crippen LogP contribution in [0.1, 0.15) is 30.7 Å². The first-order chi connectivity index (χ1) is 9.27. The molecule has 0 bridgehead atoms. The number of nitriles is 1. The van der Waals surface area contributed by atoms with Crippen LogP contribution >= 0.6 is 0 Å². The molecular formula is C14H14N4O. The fourth-order valence-electron chi connectivity index (χ4n) is 2.23. The molecule has 3 rings (SSSR count). The van der Waals surface area contributed by atoms with Crippen molar-refractivity contribution in [2.75, 3.05) is 0 Å². The van der Waals surface area contributed by atoms with Crippen LogP contribution in [0.3, 0.4) is 0 Å². The average molecular weight is 254 g/mol. The summed E-state index contributed by atoms with van der Waals surface area (Å²) in [4.78, 5) is 4.37. The normalized spacial score (nSPS) is 16.6. The van der Waals surface area contributed by atoms with Crippen LogP contribution in [0.5, 0.6) is 0 Å². The molecule has 2 N–H and O–H groups in total. The molecule has 0 amide bonds. The van der Waals surface area contributed by atoms with Gasteiger partial charge in [0.15, 0.2) is 0 Å². The first-order valence-electron chi connectivity index (χ1n) is 6.32. The van der Waals surface area contributed by atoms with E-state index in [-0.39, 0.29) is 0 Å². The van der Waals surface area contributed by atoms with E-state index in [0.717, 1.165) is 30.4 Å². The maximum Gasteiger partial charge on any atom is 0.247 e. The van der Waals surface area contributed by atoms with Crippen LogP contribution in [0.4, 0.5) is 0 Å². The van der Waals surface area contributed by atoms with Gasteiger partial charge in [-0.25, -0.2) is 0 Å². The van der Waals surface area contributed by atoms with E-state index in [1.807, 2.05) is 24.3 Å². The molecule has 1 fully saturated rings. The highest BCUT2D eigenvalue weighted by molar-refractivity contribution is 5.55. The van der Waals surface area contributed by atoms with Gasteiger partial charge in [-0.15, -0.1) is 0 Å². The van der Waals surface area contributed by atoms with Crippen molar-refractivity contribution < 1.29 is 4.52 Å². The number of benzene rings is 1. The summed E-state index contributed by atoms with van der Waals surface area (Å²) in [5, 5.41) is 13.2. The fourth-order valence-corrected chi connectivity index (χ4v) is 2.23. The molecule has 19 heavy (non-hydrogen) atoms. The van der Waals surface area contributed by atoms with Gasteiger partial charge in [0, 0.05) is 12.1 Å². The van der Waals surface area contributed by atoms with Gasteiger partial charge >= 0.3 is 0 Å². The van der Waals surface area contributed by atoms with E-state index in [9.17, 15) is 5.26 Å². The molecule has 0 aliphatic heterocycles. The highest BCUT2D eigenvalue weighted by Crippen LogP contribution is 2.42. The van der Waals surface area contributed by atoms with Crippen LogP contribution in [0, 0.1) is 11.3 Å². The minimum Gasteiger partial charge on any atom is -0.337 e. The molecule has 1 aromatic heterocycles. The van der Waals surface area contributed by atoms with Gasteiger partial charge < -0.3 is 10.3 Å². The molecular weight excluding hydrogens is 240 g/mol. The van der Waals surface area contributed by atoms with Crippen molar-refractivity contribution in [2.24, 2.45) is 5.73 Å². The predicted molar refractivity (Wildman–Crippen MR) is 68.8 cm³/mol. The van der Waals surface area contributed by atoms with Crippen LogP contribution in [0.15, 0.2) is 28.8 Å². The third kappa shape index (κ3) is 1.90. The third-order valence-electron chi connectivity index (χ3n) is 3.70. The third-order valence-corrected chi connectivity index (χ3v) is 3.70.